The molecule has 2 unspecified atom stereocenters. The van der Waals surface area contributed by atoms with Gasteiger partial charge in [0.2, 0.25) is 0 Å². The topological polar surface area (TPSA) is 29.1 Å². The van der Waals surface area contributed by atoms with Crippen molar-refractivity contribution in [2.45, 2.75) is 17.0 Å². The van der Waals surface area contributed by atoms with E-state index in [-0.39, 0.29) is 0 Å². The fourth-order valence-electron chi connectivity index (χ4n) is 1.42. The van der Waals surface area contributed by atoms with Gasteiger partial charge in [-0.25, -0.2) is 0 Å². The number of carbonyl (C=O) groups excluding carboxylic acids is 1. The summed E-state index contributed by atoms with van der Waals surface area (Å²) in [4.78, 5) is 11.0. The molecule has 1 N–H and O–H groups in total. The Bertz CT molecular complexity index is 168. The second-order valence-electron chi connectivity index (χ2n) is 2.84. The molecule has 2 saturated heterocycles. The molecule has 0 amide bonds. The van der Waals surface area contributed by atoms with Crippen LogP contribution in [-0.4, -0.2) is 34.5 Å². The highest BCUT2D eigenvalue weighted by molar-refractivity contribution is 8.04. The Morgan fingerprint density at radius 1 is 1.45 bits per heavy atom. The second-order valence-corrected chi connectivity index (χ2v) is 5.31. The van der Waals surface area contributed by atoms with Gasteiger partial charge in [0.15, 0.2) is 0 Å². The zero-order valence-electron chi connectivity index (χ0n) is 6.21. The number of hydrogen-bond acceptors (Lipinski definition) is 4. The number of rotatable bonds is 1. The van der Waals surface area contributed by atoms with Crippen molar-refractivity contribution in [3.63, 3.8) is 0 Å². The maximum absolute atomic E-state index is 11.0. The fraction of sp³-hybridized carbons (Fsp3) is 0.857. The van der Waals surface area contributed by atoms with Crippen LogP contribution in [0.3, 0.4) is 0 Å². The van der Waals surface area contributed by atoms with Gasteiger partial charge in [0.25, 0.3) is 0 Å². The van der Waals surface area contributed by atoms with Crippen molar-refractivity contribution in [3.8, 4) is 0 Å². The zero-order chi connectivity index (χ0) is 7.68. The Hall–Kier alpha value is 0.330. The highest BCUT2D eigenvalue weighted by atomic mass is 32.2. The van der Waals surface area contributed by atoms with Gasteiger partial charge in [0.1, 0.15) is 5.78 Å². The van der Waals surface area contributed by atoms with Crippen LogP contribution in [0.2, 0.25) is 0 Å². The van der Waals surface area contributed by atoms with Crippen LogP contribution >= 0.6 is 23.5 Å². The number of carbonyl (C=O) groups is 1. The standard InChI is InChI=1S/C7H11NOS2/c9-5-3-6(11-4-5)7-8-1-2-10-7/h6-8H,1-4H2. The summed E-state index contributed by atoms with van der Waals surface area (Å²) in [5, 5.41) is 4.51. The van der Waals surface area contributed by atoms with Crippen molar-refractivity contribution in [3.05, 3.63) is 0 Å². The molecule has 2 atom stereocenters. The molecule has 0 aromatic carbocycles. The molecule has 2 fully saturated rings. The lowest BCUT2D eigenvalue weighted by Crippen LogP contribution is -2.29. The van der Waals surface area contributed by atoms with Crippen molar-refractivity contribution in [2.75, 3.05) is 18.1 Å². The molecule has 2 heterocycles. The van der Waals surface area contributed by atoms with Gasteiger partial charge in [-0.2, -0.15) is 0 Å². The van der Waals surface area contributed by atoms with E-state index in [1.54, 1.807) is 0 Å². The lowest BCUT2D eigenvalue weighted by Gasteiger charge is -2.14. The van der Waals surface area contributed by atoms with Crippen molar-refractivity contribution < 1.29 is 4.79 Å². The van der Waals surface area contributed by atoms with E-state index in [9.17, 15) is 4.79 Å². The Kier molecular flexibility index (Phi) is 2.44. The summed E-state index contributed by atoms with van der Waals surface area (Å²) in [5.41, 5.74) is 0. The van der Waals surface area contributed by atoms with Crippen LogP contribution in [0.1, 0.15) is 6.42 Å². The molecular formula is C7H11NOS2. The molecule has 0 spiro atoms. The second kappa shape index (κ2) is 3.37. The number of Topliss-reactive ketones (excluding diaryl/α,β-unsaturated/α-hetero) is 1. The van der Waals surface area contributed by atoms with Crippen LogP contribution in [0.5, 0.6) is 0 Å². The maximum Gasteiger partial charge on any atom is 0.143 e. The summed E-state index contributed by atoms with van der Waals surface area (Å²) in [5.74, 6) is 2.37. The third-order valence-electron chi connectivity index (χ3n) is 1.97. The average molecular weight is 189 g/mol. The summed E-state index contributed by atoms with van der Waals surface area (Å²) in [6, 6.07) is 0. The summed E-state index contributed by atoms with van der Waals surface area (Å²) in [6.07, 6.45) is 0.787. The van der Waals surface area contributed by atoms with Gasteiger partial charge < -0.3 is 5.32 Å². The predicted octanol–water partition coefficient (Wildman–Crippen LogP) is 0.724. The maximum atomic E-state index is 11.0. The van der Waals surface area contributed by atoms with Crippen LogP contribution in [0.25, 0.3) is 0 Å². The van der Waals surface area contributed by atoms with E-state index in [2.05, 4.69) is 5.32 Å². The number of ketones is 1. The molecule has 0 bridgehead atoms. The minimum atomic E-state index is 0.425. The zero-order valence-corrected chi connectivity index (χ0v) is 7.84. The largest absolute Gasteiger partial charge is 0.304 e. The first-order valence-electron chi connectivity index (χ1n) is 3.84. The lowest BCUT2D eigenvalue weighted by molar-refractivity contribution is -0.116. The number of hydrogen-bond donors (Lipinski definition) is 1. The Balaban J connectivity index is 1.90. The summed E-state index contributed by atoms with van der Waals surface area (Å²) in [6.45, 7) is 1.11. The SMILES string of the molecule is O=C1CSC(C2NCCS2)C1. The predicted molar refractivity (Wildman–Crippen MR) is 50.1 cm³/mol. The molecule has 0 saturated carbocycles. The van der Waals surface area contributed by atoms with E-state index in [0.717, 1.165) is 18.7 Å². The molecule has 2 nitrogen and oxygen atoms in total. The average Bonchev–Trinajstić information content (AvgIpc) is 2.55. The molecule has 2 aliphatic heterocycles. The molecule has 0 radical (unpaired) electrons. The van der Waals surface area contributed by atoms with Crippen LogP contribution in [-0.2, 0) is 4.79 Å². The summed E-state index contributed by atoms with van der Waals surface area (Å²) in [7, 11) is 0. The molecule has 2 rings (SSSR count). The van der Waals surface area contributed by atoms with E-state index in [4.69, 9.17) is 0 Å². The van der Waals surface area contributed by atoms with Gasteiger partial charge in [-0.15, -0.1) is 23.5 Å². The van der Waals surface area contributed by atoms with Crippen molar-refractivity contribution in [1.82, 2.24) is 5.32 Å². The minimum absolute atomic E-state index is 0.425. The Morgan fingerprint density at radius 3 is 2.91 bits per heavy atom. The van der Waals surface area contributed by atoms with E-state index in [1.807, 2.05) is 23.5 Å². The van der Waals surface area contributed by atoms with Crippen LogP contribution in [0.4, 0.5) is 0 Å². The quantitative estimate of drug-likeness (QED) is 0.658. The summed E-state index contributed by atoms with van der Waals surface area (Å²) < 4.78 is 0. The van der Waals surface area contributed by atoms with Crippen molar-refractivity contribution >= 4 is 29.3 Å². The molecule has 0 aliphatic carbocycles. The van der Waals surface area contributed by atoms with Gasteiger partial charge in [-0.05, 0) is 0 Å². The third kappa shape index (κ3) is 1.73. The lowest BCUT2D eigenvalue weighted by atomic mass is 10.2. The normalized spacial score (nSPS) is 38.4. The monoisotopic (exact) mass is 189 g/mol. The molecule has 0 aromatic rings. The molecular weight excluding hydrogens is 178 g/mol. The molecule has 11 heavy (non-hydrogen) atoms. The van der Waals surface area contributed by atoms with E-state index in [0.29, 0.717) is 16.4 Å². The highest BCUT2D eigenvalue weighted by Crippen LogP contribution is 2.33. The van der Waals surface area contributed by atoms with E-state index >= 15 is 0 Å². The first kappa shape index (κ1) is 7.95. The molecule has 2 aliphatic rings. The minimum Gasteiger partial charge on any atom is -0.304 e. The summed E-state index contributed by atoms with van der Waals surface area (Å²) >= 11 is 3.77. The third-order valence-corrected chi connectivity index (χ3v) is 4.79. The fourth-order valence-corrected chi connectivity index (χ4v) is 4.02. The number of thioether (sulfide) groups is 2. The first-order chi connectivity index (χ1) is 5.36. The van der Waals surface area contributed by atoms with E-state index < -0.39 is 0 Å². The van der Waals surface area contributed by atoms with Crippen LogP contribution in [0.15, 0.2) is 0 Å². The molecule has 62 valence electrons. The van der Waals surface area contributed by atoms with Crippen LogP contribution < -0.4 is 5.32 Å². The van der Waals surface area contributed by atoms with Gasteiger partial charge in [0.05, 0.1) is 11.1 Å². The van der Waals surface area contributed by atoms with Gasteiger partial charge in [-0.3, -0.25) is 4.79 Å². The Labute approximate surface area is 74.9 Å². The van der Waals surface area contributed by atoms with Crippen molar-refractivity contribution in [1.29, 1.82) is 0 Å². The highest BCUT2D eigenvalue weighted by Gasteiger charge is 2.31. The number of nitrogens with one attached hydrogen (secondary N) is 1. The van der Waals surface area contributed by atoms with Gasteiger partial charge >= 0.3 is 0 Å². The van der Waals surface area contributed by atoms with E-state index in [1.165, 1.54) is 5.75 Å². The Morgan fingerprint density at radius 2 is 2.36 bits per heavy atom. The molecule has 0 aromatic heterocycles. The van der Waals surface area contributed by atoms with Gasteiger partial charge in [-0.1, -0.05) is 0 Å². The van der Waals surface area contributed by atoms with Gasteiger partial charge in [0, 0.05) is 24.0 Å². The van der Waals surface area contributed by atoms with Crippen molar-refractivity contribution in [2.24, 2.45) is 0 Å². The first-order valence-corrected chi connectivity index (χ1v) is 5.94. The molecule has 4 heteroatoms. The van der Waals surface area contributed by atoms with Crippen LogP contribution in [0, 0.1) is 0 Å². The smallest absolute Gasteiger partial charge is 0.143 e.